The minimum Gasteiger partial charge on any atom is -0.386 e. The molecule has 0 amide bonds. The predicted molar refractivity (Wildman–Crippen MR) is 75.5 cm³/mol. The quantitative estimate of drug-likeness (QED) is 0.900. The van der Waals surface area contributed by atoms with Crippen molar-refractivity contribution < 1.29 is 9.50 Å². The van der Waals surface area contributed by atoms with E-state index in [1.165, 1.54) is 31.4 Å². The lowest BCUT2D eigenvalue weighted by atomic mass is 9.84. The van der Waals surface area contributed by atoms with Crippen LogP contribution in [0.4, 0.5) is 4.39 Å². The van der Waals surface area contributed by atoms with Gasteiger partial charge in [0.1, 0.15) is 5.82 Å². The van der Waals surface area contributed by atoms with Crippen molar-refractivity contribution in [3.8, 4) is 0 Å². The molecule has 3 heteroatoms. The number of aliphatic hydroxyl groups excluding tert-OH is 1. The van der Waals surface area contributed by atoms with Gasteiger partial charge in [-0.25, -0.2) is 4.39 Å². The molecule has 2 atom stereocenters. The van der Waals surface area contributed by atoms with Gasteiger partial charge in [-0.3, -0.25) is 4.90 Å². The Bertz CT molecular complexity index is 400. The van der Waals surface area contributed by atoms with Crippen LogP contribution in [-0.2, 0) is 0 Å². The van der Waals surface area contributed by atoms with E-state index in [4.69, 9.17) is 0 Å². The van der Waals surface area contributed by atoms with E-state index in [2.05, 4.69) is 18.7 Å². The van der Waals surface area contributed by atoms with Crippen LogP contribution in [0.25, 0.3) is 0 Å². The zero-order valence-corrected chi connectivity index (χ0v) is 11.9. The number of hydrogen-bond donors (Lipinski definition) is 1. The van der Waals surface area contributed by atoms with Crippen LogP contribution in [0.1, 0.15) is 51.2 Å². The fourth-order valence-electron chi connectivity index (χ4n) is 3.00. The molecule has 1 heterocycles. The van der Waals surface area contributed by atoms with Gasteiger partial charge in [0.15, 0.2) is 0 Å². The summed E-state index contributed by atoms with van der Waals surface area (Å²) in [6.07, 6.45) is 3.99. The van der Waals surface area contributed by atoms with E-state index < -0.39 is 6.10 Å². The zero-order chi connectivity index (χ0) is 13.9. The van der Waals surface area contributed by atoms with Gasteiger partial charge in [0.2, 0.25) is 0 Å². The third-order valence-corrected chi connectivity index (χ3v) is 4.57. The number of benzene rings is 1. The molecule has 1 aromatic rings. The SMILES string of the molecule is CCC(C)(C(O)c1ccc(F)cc1)N1CCCCC1. The lowest BCUT2D eigenvalue weighted by Crippen LogP contribution is -2.52. The Morgan fingerprint density at radius 1 is 1.21 bits per heavy atom. The van der Waals surface area contributed by atoms with Crippen molar-refractivity contribution in [3.05, 3.63) is 35.6 Å². The van der Waals surface area contributed by atoms with Gasteiger partial charge in [-0.2, -0.15) is 0 Å². The summed E-state index contributed by atoms with van der Waals surface area (Å²) in [6, 6.07) is 6.23. The molecule has 0 spiro atoms. The second-order valence-corrected chi connectivity index (χ2v) is 5.71. The number of piperidine rings is 1. The molecule has 0 radical (unpaired) electrons. The monoisotopic (exact) mass is 265 g/mol. The van der Waals surface area contributed by atoms with Gasteiger partial charge in [-0.15, -0.1) is 0 Å². The van der Waals surface area contributed by atoms with Gasteiger partial charge in [-0.05, 0) is 57.0 Å². The second-order valence-electron chi connectivity index (χ2n) is 5.71. The van der Waals surface area contributed by atoms with Gasteiger partial charge < -0.3 is 5.11 Å². The summed E-state index contributed by atoms with van der Waals surface area (Å²) in [6.45, 7) is 6.32. The molecule has 1 aromatic carbocycles. The Labute approximate surface area is 115 Å². The number of likely N-dealkylation sites (tertiary alicyclic amines) is 1. The fourth-order valence-corrected chi connectivity index (χ4v) is 3.00. The molecule has 0 aromatic heterocycles. The molecule has 2 unspecified atom stereocenters. The Hall–Kier alpha value is -0.930. The van der Waals surface area contributed by atoms with Crippen LogP contribution >= 0.6 is 0 Å². The zero-order valence-electron chi connectivity index (χ0n) is 11.9. The molecule has 1 fully saturated rings. The maximum absolute atomic E-state index is 13.0. The fraction of sp³-hybridized carbons (Fsp3) is 0.625. The third-order valence-electron chi connectivity index (χ3n) is 4.57. The van der Waals surface area contributed by atoms with Gasteiger partial charge >= 0.3 is 0 Å². The second kappa shape index (κ2) is 6.02. The number of aliphatic hydroxyl groups is 1. The van der Waals surface area contributed by atoms with Crippen LogP contribution in [0.15, 0.2) is 24.3 Å². The number of nitrogens with zero attached hydrogens (tertiary/aromatic N) is 1. The topological polar surface area (TPSA) is 23.5 Å². The minimum atomic E-state index is -0.573. The Kier molecular flexibility index (Phi) is 4.58. The Morgan fingerprint density at radius 3 is 2.32 bits per heavy atom. The van der Waals surface area contributed by atoms with Crippen molar-refractivity contribution in [1.82, 2.24) is 4.90 Å². The Balaban J connectivity index is 2.21. The minimum absolute atomic E-state index is 0.257. The Morgan fingerprint density at radius 2 is 1.79 bits per heavy atom. The maximum Gasteiger partial charge on any atom is 0.123 e. The highest BCUT2D eigenvalue weighted by molar-refractivity contribution is 5.22. The van der Waals surface area contributed by atoms with E-state index in [9.17, 15) is 9.50 Å². The van der Waals surface area contributed by atoms with Crippen molar-refractivity contribution in [2.24, 2.45) is 0 Å². The van der Waals surface area contributed by atoms with E-state index in [-0.39, 0.29) is 11.4 Å². The molecule has 2 rings (SSSR count). The summed E-state index contributed by atoms with van der Waals surface area (Å²) in [7, 11) is 0. The molecule has 1 saturated heterocycles. The van der Waals surface area contributed by atoms with E-state index in [1.807, 2.05) is 0 Å². The van der Waals surface area contributed by atoms with Crippen molar-refractivity contribution >= 4 is 0 Å². The first-order valence-electron chi connectivity index (χ1n) is 7.26. The highest BCUT2D eigenvalue weighted by Crippen LogP contribution is 2.35. The molecule has 0 aliphatic carbocycles. The van der Waals surface area contributed by atoms with Crippen LogP contribution in [0.2, 0.25) is 0 Å². The van der Waals surface area contributed by atoms with E-state index in [1.54, 1.807) is 12.1 Å². The maximum atomic E-state index is 13.0. The van der Waals surface area contributed by atoms with E-state index >= 15 is 0 Å². The lowest BCUT2D eigenvalue weighted by molar-refractivity contribution is -0.0352. The van der Waals surface area contributed by atoms with Gasteiger partial charge in [0, 0.05) is 5.54 Å². The van der Waals surface area contributed by atoms with Crippen molar-refractivity contribution in [1.29, 1.82) is 0 Å². The van der Waals surface area contributed by atoms with Crippen molar-refractivity contribution in [2.45, 2.75) is 51.2 Å². The summed E-state index contributed by atoms with van der Waals surface area (Å²) in [4.78, 5) is 2.39. The van der Waals surface area contributed by atoms with Crippen LogP contribution in [0, 0.1) is 5.82 Å². The van der Waals surface area contributed by atoms with Crippen LogP contribution in [0.3, 0.4) is 0 Å². The van der Waals surface area contributed by atoms with Crippen LogP contribution in [0.5, 0.6) is 0 Å². The molecular weight excluding hydrogens is 241 g/mol. The predicted octanol–water partition coefficient (Wildman–Crippen LogP) is 3.51. The summed E-state index contributed by atoms with van der Waals surface area (Å²) in [5, 5.41) is 10.7. The standard InChI is InChI=1S/C16H24FNO/c1-3-16(2,18-11-5-4-6-12-18)15(19)13-7-9-14(17)10-8-13/h7-10,15,19H,3-6,11-12H2,1-2H3. The van der Waals surface area contributed by atoms with Gasteiger partial charge in [-0.1, -0.05) is 25.5 Å². The molecule has 0 saturated carbocycles. The number of rotatable bonds is 4. The molecule has 1 aliphatic rings. The summed E-state index contributed by atoms with van der Waals surface area (Å²) in [5.74, 6) is -0.257. The first-order chi connectivity index (χ1) is 9.08. The van der Waals surface area contributed by atoms with Gasteiger partial charge in [0.25, 0.3) is 0 Å². The lowest BCUT2D eigenvalue weighted by Gasteiger charge is -2.46. The highest BCUT2D eigenvalue weighted by atomic mass is 19.1. The largest absolute Gasteiger partial charge is 0.386 e. The smallest absolute Gasteiger partial charge is 0.123 e. The normalized spacial score (nSPS) is 21.9. The summed E-state index contributed by atoms with van der Waals surface area (Å²) < 4.78 is 13.0. The van der Waals surface area contributed by atoms with E-state index in [0.717, 1.165) is 25.1 Å². The van der Waals surface area contributed by atoms with Crippen LogP contribution < -0.4 is 0 Å². The first kappa shape index (κ1) is 14.5. The first-order valence-corrected chi connectivity index (χ1v) is 7.26. The molecule has 1 aliphatic heterocycles. The van der Waals surface area contributed by atoms with Gasteiger partial charge in [0.05, 0.1) is 6.10 Å². The van der Waals surface area contributed by atoms with Crippen molar-refractivity contribution in [3.63, 3.8) is 0 Å². The molecule has 0 bridgehead atoms. The number of halogens is 1. The molecule has 19 heavy (non-hydrogen) atoms. The highest BCUT2D eigenvalue weighted by Gasteiger charge is 2.38. The summed E-state index contributed by atoms with van der Waals surface area (Å²) >= 11 is 0. The number of hydrogen-bond acceptors (Lipinski definition) is 2. The van der Waals surface area contributed by atoms with E-state index in [0.29, 0.717) is 0 Å². The molecular formula is C16H24FNO. The third kappa shape index (κ3) is 2.98. The molecule has 1 N–H and O–H groups in total. The molecule has 106 valence electrons. The van der Waals surface area contributed by atoms with Crippen LogP contribution in [-0.4, -0.2) is 28.6 Å². The average Bonchev–Trinajstić information content (AvgIpc) is 2.47. The van der Waals surface area contributed by atoms with Crippen molar-refractivity contribution in [2.75, 3.05) is 13.1 Å². The average molecular weight is 265 g/mol. The molecule has 2 nitrogen and oxygen atoms in total. The summed E-state index contributed by atoms with van der Waals surface area (Å²) in [5.41, 5.74) is 0.537.